The van der Waals surface area contributed by atoms with Gasteiger partial charge in [-0.3, -0.25) is 19.8 Å². The number of carbonyl (C=O) groups is 2. The molecule has 2 N–H and O–H groups in total. The van der Waals surface area contributed by atoms with Gasteiger partial charge in [-0.05, 0) is 18.6 Å². The van der Waals surface area contributed by atoms with Crippen molar-refractivity contribution in [3.05, 3.63) is 29.6 Å². The predicted molar refractivity (Wildman–Crippen MR) is 92.0 cm³/mol. The lowest BCUT2D eigenvalue weighted by Gasteiger charge is -2.48. The maximum atomic E-state index is 14.6. The Bertz CT molecular complexity index is 684. The van der Waals surface area contributed by atoms with E-state index >= 15 is 0 Å². The summed E-state index contributed by atoms with van der Waals surface area (Å²) < 4.78 is 14.6. The Morgan fingerprint density at radius 1 is 1.12 bits per heavy atom. The molecular weight excluding hydrogens is 323 g/mol. The van der Waals surface area contributed by atoms with Crippen molar-refractivity contribution in [1.82, 2.24) is 15.5 Å². The molecule has 0 bridgehead atoms. The predicted octanol–water partition coefficient (Wildman–Crippen LogP) is 0.440. The molecule has 1 aromatic rings. The lowest BCUT2D eigenvalue weighted by atomic mass is 9.90. The van der Waals surface area contributed by atoms with E-state index in [4.69, 9.17) is 0 Å². The van der Waals surface area contributed by atoms with Crippen molar-refractivity contribution < 1.29 is 14.0 Å². The summed E-state index contributed by atoms with van der Waals surface area (Å²) in [6, 6.07) is 5.64. The quantitative estimate of drug-likeness (QED) is 0.778. The summed E-state index contributed by atoms with van der Waals surface area (Å²) in [5.41, 5.74) is 1.24. The molecule has 1 unspecified atom stereocenters. The lowest BCUT2D eigenvalue weighted by Crippen LogP contribution is -2.62. The summed E-state index contributed by atoms with van der Waals surface area (Å²) in [5.74, 6) is -1.61. The van der Waals surface area contributed by atoms with E-state index < -0.39 is 11.8 Å². The first-order valence-electron chi connectivity index (χ1n) is 8.94. The van der Waals surface area contributed by atoms with Crippen molar-refractivity contribution in [3.63, 3.8) is 0 Å². The summed E-state index contributed by atoms with van der Waals surface area (Å²) >= 11 is 0. The molecule has 0 spiro atoms. The number of piperazine rings is 1. The van der Waals surface area contributed by atoms with Crippen LogP contribution in [0.15, 0.2) is 18.2 Å². The van der Waals surface area contributed by atoms with E-state index in [-0.39, 0.29) is 18.1 Å². The first-order valence-corrected chi connectivity index (χ1v) is 8.94. The molecule has 3 aliphatic rings. The summed E-state index contributed by atoms with van der Waals surface area (Å²) in [6.07, 6.45) is 0.631. The zero-order valence-corrected chi connectivity index (χ0v) is 14.1. The number of piperidine rings is 1. The number of benzene rings is 1. The van der Waals surface area contributed by atoms with Gasteiger partial charge >= 0.3 is 0 Å². The van der Waals surface area contributed by atoms with Gasteiger partial charge in [0.15, 0.2) is 0 Å². The molecule has 6 nitrogen and oxygen atoms in total. The van der Waals surface area contributed by atoms with Gasteiger partial charge in [-0.25, -0.2) is 4.39 Å². The molecule has 3 fully saturated rings. The largest absolute Gasteiger partial charge is 0.368 e. The minimum absolute atomic E-state index is 0.260. The highest BCUT2D eigenvalue weighted by Crippen LogP contribution is 2.31. The topological polar surface area (TPSA) is 64.7 Å². The van der Waals surface area contributed by atoms with Gasteiger partial charge in [0.2, 0.25) is 11.8 Å². The van der Waals surface area contributed by atoms with Gasteiger partial charge in [0.1, 0.15) is 5.82 Å². The van der Waals surface area contributed by atoms with E-state index in [0.717, 1.165) is 45.0 Å². The number of halogens is 1. The van der Waals surface area contributed by atoms with Crippen LogP contribution in [-0.4, -0.2) is 62.0 Å². The van der Waals surface area contributed by atoms with Crippen LogP contribution in [0.2, 0.25) is 0 Å². The molecule has 2 amide bonds. The summed E-state index contributed by atoms with van der Waals surface area (Å²) in [6.45, 7) is 6.04. The Labute approximate surface area is 146 Å². The van der Waals surface area contributed by atoms with E-state index in [0.29, 0.717) is 18.0 Å². The van der Waals surface area contributed by atoms with Crippen LogP contribution < -0.4 is 15.5 Å². The highest BCUT2D eigenvalue weighted by Gasteiger charge is 2.34. The van der Waals surface area contributed by atoms with Crippen LogP contribution in [0.1, 0.15) is 24.3 Å². The molecule has 1 aromatic carbocycles. The van der Waals surface area contributed by atoms with Gasteiger partial charge < -0.3 is 10.2 Å². The van der Waals surface area contributed by atoms with Crippen LogP contribution in [0, 0.1) is 5.82 Å². The third-order valence-corrected chi connectivity index (χ3v) is 5.49. The van der Waals surface area contributed by atoms with Crippen molar-refractivity contribution in [3.8, 4) is 0 Å². The fourth-order valence-electron chi connectivity index (χ4n) is 3.93. The molecule has 3 heterocycles. The van der Waals surface area contributed by atoms with Gasteiger partial charge in [-0.2, -0.15) is 0 Å². The molecule has 3 aliphatic heterocycles. The second-order valence-corrected chi connectivity index (χ2v) is 7.05. The maximum absolute atomic E-state index is 14.6. The third-order valence-electron chi connectivity index (χ3n) is 5.49. The third kappa shape index (κ3) is 3.26. The van der Waals surface area contributed by atoms with E-state index in [9.17, 15) is 14.0 Å². The fraction of sp³-hybridized carbons (Fsp3) is 0.556. The molecular formula is C18H23FN4O2. The maximum Gasteiger partial charge on any atom is 0.234 e. The van der Waals surface area contributed by atoms with E-state index in [2.05, 4.69) is 20.4 Å². The fourth-order valence-corrected chi connectivity index (χ4v) is 3.93. The van der Waals surface area contributed by atoms with Gasteiger partial charge in [0.25, 0.3) is 0 Å². The number of nitrogens with zero attached hydrogens (tertiary/aromatic N) is 2. The van der Waals surface area contributed by atoms with Crippen LogP contribution in [0.25, 0.3) is 0 Å². The van der Waals surface area contributed by atoms with Gasteiger partial charge in [-0.1, -0.05) is 6.07 Å². The number of nitrogens with one attached hydrogen (secondary N) is 2. The molecule has 3 saturated heterocycles. The second kappa shape index (κ2) is 6.72. The number of anilines is 1. The average Bonchev–Trinajstić information content (AvgIpc) is 2.56. The zero-order chi connectivity index (χ0) is 17.4. The first-order chi connectivity index (χ1) is 12.1. The Balaban J connectivity index is 1.41. The Hall–Kier alpha value is -1.99. The molecule has 0 aliphatic carbocycles. The second-order valence-electron chi connectivity index (χ2n) is 7.05. The molecule has 0 aromatic heterocycles. The number of rotatable bonds is 3. The monoisotopic (exact) mass is 346 g/mol. The minimum atomic E-state index is -0.572. The minimum Gasteiger partial charge on any atom is -0.368 e. The normalized spacial score (nSPS) is 25.6. The summed E-state index contributed by atoms with van der Waals surface area (Å²) in [5, 5.41) is 5.64. The molecule has 0 radical (unpaired) electrons. The van der Waals surface area contributed by atoms with Gasteiger partial charge in [0.05, 0.1) is 5.92 Å². The van der Waals surface area contributed by atoms with Crippen molar-refractivity contribution >= 4 is 17.5 Å². The molecule has 4 rings (SSSR count). The number of amides is 2. The summed E-state index contributed by atoms with van der Waals surface area (Å²) in [7, 11) is 0. The molecule has 1 atom stereocenters. The highest BCUT2D eigenvalue weighted by atomic mass is 19.1. The number of carbonyl (C=O) groups excluding carboxylic acids is 2. The standard InChI is InChI=1S/C18H23FN4O2/c19-16-9-12(23-10-13(11-23)22-7-5-20-6-8-22)1-2-14(16)15-3-4-17(24)21-18(15)25/h1-2,9,13,15,20H,3-8,10-11H2,(H,21,24,25). The average molecular weight is 346 g/mol. The number of imide groups is 1. The van der Waals surface area contributed by atoms with Crippen molar-refractivity contribution in [2.75, 3.05) is 44.2 Å². The van der Waals surface area contributed by atoms with E-state index in [1.54, 1.807) is 6.07 Å². The molecule has 25 heavy (non-hydrogen) atoms. The molecule has 134 valence electrons. The number of hydrogen-bond donors (Lipinski definition) is 2. The molecule has 0 saturated carbocycles. The molecule has 7 heteroatoms. The first kappa shape index (κ1) is 16.5. The van der Waals surface area contributed by atoms with Crippen LogP contribution in [0.4, 0.5) is 10.1 Å². The van der Waals surface area contributed by atoms with E-state index in [1.165, 1.54) is 6.07 Å². The number of hydrogen-bond acceptors (Lipinski definition) is 5. The van der Waals surface area contributed by atoms with Gasteiger partial charge in [0, 0.05) is 63.0 Å². The SMILES string of the molecule is O=C1CCC(c2ccc(N3CC(N4CCNCC4)C3)cc2F)C(=O)N1. The van der Waals surface area contributed by atoms with Crippen LogP contribution in [0.3, 0.4) is 0 Å². The van der Waals surface area contributed by atoms with Crippen molar-refractivity contribution in [1.29, 1.82) is 0 Å². The van der Waals surface area contributed by atoms with E-state index in [1.807, 2.05) is 6.07 Å². The Kier molecular flexibility index (Phi) is 4.43. The van der Waals surface area contributed by atoms with Crippen molar-refractivity contribution in [2.24, 2.45) is 0 Å². The summed E-state index contributed by atoms with van der Waals surface area (Å²) in [4.78, 5) is 27.8. The zero-order valence-electron chi connectivity index (χ0n) is 14.1. The highest BCUT2D eigenvalue weighted by molar-refractivity contribution is 6.01. The van der Waals surface area contributed by atoms with Crippen LogP contribution in [0.5, 0.6) is 0 Å². The lowest BCUT2D eigenvalue weighted by molar-refractivity contribution is -0.134. The van der Waals surface area contributed by atoms with Crippen molar-refractivity contribution in [2.45, 2.75) is 24.8 Å². The van der Waals surface area contributed by atoms with Crippen LogP contribution >= 0.6 is 0 Å². The van der Waals surface area contributed by atoms with Crippen LogP contribution in [-0.2, 0) is 9.59 Å². The van der Waals surface area contributed by atoms with Gasteiger partial charge in [-0.15, -0.1) is 0 Å². The smallest absolute Gasteiger partial charge is 0.234 e. The Morgan fingerprint density at radius 2 is 1.88 bits per heavy atom. The Morgan fingerprint density at radius 3 is 2.56 bits per heavy atom.